The zero-order valence-corrected chi connectivity index (χ0v) is 11.1. The molecule has 0 radical (unpaired) electrons. The van der Waals surface area contributed by atoms with E-state index in [2.05, 4.69) is 26.1 Å². The van der Waals surface area contributed by atoms with Crippen LogP contribution in [0.5, 0.6) is 0 Å². The molecule has 0 aliphatic carbocycles. The van der Waals surface area contributed by atoms with Crippen LogP contribution in [-0.2, 0) is 13.1 Å². The Morgan fingerprint density at radius 2 is 1.89 bits per heavy atom. The van der Waals surface area contributed by atoms with Crippen molar-refractivity contribution in [3.05, 3.63) is 24.0 Å². The molecule has 2 nitrogen and oxygen atoms in total. The van der Waals surface area contributed by atoms with Crippen molar-refractivity contribution in [1.29, 1.82) is 0 Å². The molecule has 0 aromatic carbocycles. The molecule has 0 amide bonds. The van der Waals surface area contributed by atoms with Crippen molar-refractivity contribution in [3.63, 3.8) is 0 Å². The first-order valence-corrected chi connectivity index (χ1v) is 6.12. The Morgan fingerprint density at radius 3 is 2.44 bits per heavy atom. The molecule has 104 valence electrons. The number of halogens is 3. The smallest absolute Gasteiger partial charge is 0.354 e. The molecule has 0 spiro atoms. The second-order valence-electron chi connectivity index (χ2n) is 5.58. The lowest BCUT2D eigenvalue weighted by molar-refractivity contribution is -0.135. The summed E-state index contributed by atoms with van der Waals surface area (Å²) in [6, 6.07) is 1.94. The van der Waals surface area contributed by atoms with Gasteiger partial charge in [0.05, 0.1) is 0 Å². The van der Waals surface area contributed by atoms with Crippen molar-refractivity contribution in [2.75, 3.05) is 0 Å². The van der Waals surface area contributed by atoms with Crippen molar-refractivity contribution < 1.29 is 13.2 Å². The number of aromatic nitrogens is 1. The Bertz CT molecular complexity index is 361. The Labute approximate surface area is 106 Å². The molecule has 0 aliphatic rings. The fourth-order valence-corrected chi connectivity index (χ4v) is 1.56. The van der Waals surface area contributed by atoms with Crippen LogP contribution >= 0.6 is 0 Å². The van der Waals surface area contributed by atoms with Gasteiger partial charge < -0.3 is 9.88 Å². The summed E-state index contributed by atoms with van der Waals surface area (Å²) >= 11 is 0. The van der Waals surface area contributed by atoms with Crippen LogP contribution < -0.4 is 5.32 Å². The van der Waals surface area contributed by atoms with Crippen LogP contribution in [0.3, 0.4) is 0 Å². The second kappa shape index (κ2) is 5.78. The van der Waals surface area contributed by atoms with Gasteiger partial charge in [-0.15, -0.1) is 0 Å². The first-order chi connectivity index (χ1) is 8.16. The number of rotatable bonds is 5. The van der Waals surface area contributed by atoms with Gasteiger partial charge in [-0.3, -0.25) is 0 Å². The van der Waals surface area contributed by atoms with Gasteiger partial charge in [0.15, 0.2) is 0 Å². The number of hydrogen-bond acceptors (Lipinski definition) is 1. The molecule has 5 heteroatoms. The van der Waals surface area contributed by atoms with E-state index in [4.69, 9.17) is 0 Å². The average Bonchev–Trinajstić information content (AvgIpc) is 2.60. The number of nitrogens with zero attached hydrogens (tertiary/aromatic N) is 1. The summed E-state index contributed by atoms with van der Waals surface area (Å²) in [6.45, 7) is 7.37. The molecule has 0 bridgehead atoms. The SMILES string of the molecule is CC(C)(C)NCc1ccn(CCCC(F)(F)F)c1. The zero-order chi connectivity index (χ0) is 13.8. The van der Waals surface area contributed by atoms with Crippen LogP contribution in [0.2, 0.25) is 0 Å². The Kier molecular flexibility index (Phi) is 4.85. The van der Waals surface area contributed by atoms with Gasteiger partial charge in [0, 0.05) is 37.4 Å². The van der Waals surface area contributed by atoms with Crippen LogP contribution in [0, 0.1) is 0 Å². The minimum Gasteiger partial charge on any atom is -0.354 e. The third-order valence-electron chi connectivity index (χ3n) is 2.51. The van der Waals surface area contributed by atoms with E-state index in [1.807, 2.05) is 23.0 Å². The fourth-order valence-electron chi connectivity index (χ4n) is 1.56. The van der Waals surface area contributed by atoms with Gasteiger partial charge in [-0.25, -0.2) is 0 Å². The lowest BCUT2D eigenvalue weighted by Gasteiger charge is -2.19. The maximum absolute atomic E-state index is 12.0. The maximum Gasteiger partial charge on any atom is 0.389 e. The molecule has 0 unspecified atom stereocenters. The van der Waals surface area contributed by atoms with E-state index < -0.39 is 12.6 Å². The third-order valence-corrected chi connectivity index (χ3v) is 2.51. The minimum atomic E-state index is -4.05. The maximum atomic E-state index is 12.0. The lowest BCUT2D eigenvalue weighted by Crippen LogP contribution is -2.34. The Hall–Kier alpha value is -0.970. The van der Waals surface area contributed by atoms with Crippen LogP contribution in [-0.4, -0.2) is 16.3 Å². The highest BCUT2D eigenvalue weighted by Gasteiger charge is 2.25. The standard InChI is InChI=1S/C13H21F3N2/c1-12(2,3)17-9-11-5-8-18(10-11)7-4-6-13(14,15)16/h5,8,10,17H,4,6-7,9H2,1-3H3. The summed E-state index contributed by atoms with van der Waals surface area (Å²) in [7, 11) is 0. The number of nitrogens with one attached hydrogen (secondary N) is 1. The van der Waals surface area contributed by atoms with E-state index in [1.54, 1.807) is 0 Å². The highest BCUT2D eigenvalue weighted by molar-refractivity contribution is 5.10. The summed E-state index contributed by atoms with van der Waals surface area (Å²) < 4.78 is 37.8. The van der Waals surface area contributed by atoms with E-state index in [9.17, 15) is 13.2 Å². The number of alkyl halides is 3. The summed E-state index contributed by atoms with van der Waals surface area (Å²) in [4.78, 5) is 0. The van der Waals surface area contributed by atoms with Gasteiger partial charge in [-0.1, -0.05) is 0 Å². The van der Waals surface area contributed by atoms with Gasteiger partial charge in [0.1, 0.15) is 0 Å². The normalized spacial score (nSPS) is 13.0. The molecule has 0 fully saturated rings. The van der Waals surface area contributed by atoms with Gasteiger partial charge in [-0.2, -0.15) is 13.2 Å². The zero-order valence-electron chi connectivity index (χ0n) is 11.1. The Morgan fingerprint density at radius 1 is 1.22 bits per heavy atom. The summed E-state index contributed by atoms with van der Waals surface area (Å²) in [5.41, 5.74) is 1.13. The van der Waals surface area contributed by atoms with E-state index >= 15 is 0 Å². The van der Waals surface area contributed by atoms with Gasteiger partial charge >= 0.3 is 6.18 Å². The number of hydrogen-bond donors (Lipinski definition) is 1. The largest absolute Gasteiger partial charge is 0.389 e. The van der Waals surface area contributed by atoms with E-state index in [-0.39, 0.29) is 12.0 Å². The van der Waals surface area contributed by atoms with Crippen LogP contribution in [0.4, 0.5) is 13.2 Å². The monoisotopic (exact) mass is 262 g/mol. The molecule has 0 saturated carbocycles. The number of aryl methyl sites for hydroxylation is 1. The quantitative estimate of drug-likeness (QED) is 0.855. The molecule has 1 rings (SSSR count). The molecule has 0 saturated heterocycles. The van der Waals surface area contributed by atoms with Crippen molar-refractivity contribution in [3.8, 4) is 0 Å². The van der Waals surface area contributed by atoms with E-state index in [0.717, 1.165) is 12.1 Å². The lowest BCUT2D eigenvalue weighted by atomic mass is 10.1. The van der Waals surface area contributed by atoms with Crippen molar-refractivity contribution in [2.45, 2.75) is 58.4 Å². The Balaban J connectivity index is 2.35. The first kappa shape index (κ1) is 15.1. The third kappa shape index (κ3) is 6.69. The molecule has 1 heterocycles. The predicted molar refractivity (Wildman–Crippen MR) is 66.3 cm³/mol. The summed E-state index contributed by atoms with van der Waals surface area (Å²) in [5.74, 6) is 0. The van der Waals surface area contributed by atoms with E-state index in [1.165, 1.54) is 0 Å². The predicted octanol–water partition coefficient (Wildman–Crippen LogP) is 3.72. The van der Waals surface area contributed by atoms with Gasteiger partial charge in [0.2, 0.25) is 0 Å². The van der Waals surface area contributed by atoms with Crippen molar-refractivity contribution in [2.24, 2.45) is 0 Å². The highest BCUT2D eigenvalue weighted by atomic mass is 19.4. The fraction of sp³-hybridized carbons (Fsp3) is 0.692. The minimum absolute atomic E-state index is 0.0401. The molecular weight excluding hydrogens is 241 g/mol. The molecular formula is C13H21F3N2. The van der Waals surface area contributed by atoms with Gasteiger partial charge in [0.25, 0.3) is 0 Å². The molecule has 0 aliphatic heterocycles. The van der Waals surface area contributed by atoms with Crippen LogP contribution in [0.1, 0.15) is 39.2 Å². The molecule has 0 atom stereocenters. The first-order valence-electron chi connectivity index (χ1n) is 6.12. The summed E-state index contributed by atoms with van der Waals surface area (Å²) in [5, 5.41) is 3.34. The van der Waals surface area contributed by atoms with Crippen LogP contribution in [0.15, 0.2) is 18.5 Å². The highest BCUT2D eigenvalue weighted by Crippen LogP contribution is 2.21. The molecule has 1 aromatic rings. The van der Waals surface area contributed by atoms with E-state index in [0.29, 0.717) is 6.54 Å². The van der Waals surface area contributed by atoms with Crippen LogP contribution in [0.25, 0.3) is 0 Å². The van der Waals surface area contributed by atoms with Gasteiger partial charge in [-0.05, 0) is 38.8 Å². The molecule has 1 aromatic heterocycles. The van der Waals surface area contributed by atoms with Crippen molar-refractivity contribution >= 4 is 0 Å². The summed E-state index contributed by atoms with van der Waals surface area (Å²) in [6.07, 6.45) is -0.917. The second-order valence-corrected chi connectivity index (χ2v) is 5.58. The topological polar surface area (TPSA) is 17.0 Å². The van der Waals surface area contributed by atoms with Crippen molar-refractivity contribution in [1.82, 2.24) is 9.88 Å². The molecule has 18 heavy (non-hydrogen) atoms. The molecule has 1 N–H and O–H groups in total. The average molecular weight is 262 g/mol.